The number of hydrogen-bond donors (Lipinski definition) is 0. The summed E-state index contributed by atoms with van der Waals surface area (Å²) >= 11 is 0. The summed E-state index contributed by atoms with van der Waals surface area (Å²) in [5.41, 5.74) is 8.95. The second-order valence-corrected chi connectivity index (χ2v) is 10.7. The van der Waals surface area contributed by atoms with Gasteiger partial charge in [0, 0.05) is 5.41 Å². The van der Waals surface area contributed by atoms with Crippen molar-refractivity contribution in [3.8, 4) is 22.3 Å². The third-order valence-corrected chi connectivity index (χ3v) is 8.23. The Hall–Kier alpha value is -2.34. The van der Waals surface area contributed by atoms with Gasteiger partial charge in [0.05, 0.1) is 0 Å². The average molecular weight is 466 g/mol. The van der Waals surface area contributed by atoms with Gasteiger partial charge in [-0.15, -0.1) is 0 Å². The topological polar surface area (TPSA) is 0 Å². The van der Waals surface area contributed by atoms with Crippen LogP contribution in [0.15, 0.2) is 66.7 Å². The van der Waals surface area contributed by atoms with E-state index in [-0.39, 0.29) is 5.41 Å². The van der Waals surface area contributed by atoms with E-state index >= 15 is 0 Å². The summed E-state index contributed by atoms with van der Waals surface area (Å²) in [4.78, 5) is 0. The monoisotopic (exact) mass is 465 g/mol. The smallest absolute Gasteiger partial charge is 0.0215 e. The van der Waals surface area contributed by atoms with Gasteiger partial charge in [-0.05, 0) is 58.4 Å². The number of rotatable bonds is 15. The third-order valence-electron chi connectivity index (χ3n) is 8.23. The molecule has 0 bridgehead atoms. The molecule has 0 heterocycles. The third kappa shape index (κ3) is 6.08. The molecule has 0 nitrogen and oxygen atoms in total. The lowest BCUT2D eigenvalue weighted by Gasteiger charge is -2.33. The van der Waals surface area contributed by atoms with Crippen molar-refractivity contribution in [3.63, 3.8) is 0 Å². The van der Waals surface area contributed by atoms with Crippen molar-refractivity contribution in [2.24, 2.45) is 0 Å². The molecule has 35 heavy (non-hydrogen) atoms. The number of unbranched alkanes of at least 4 members (excludes halogenated alkanes) is 10. The average Bonchev–Trinajstić information content (AvgIpc) is 3.18. The van der Waals surface area contributed by atoms with Crippen LogP contribution in [0, 0.1) is 6.07 Å². The molecule has 0 heteroatoms. The Balaban J connectivity index is 1.64. The van der Waals surface area contributed by atoms with Gasteiger partial charge >= 0.3 is 0 Å². The molecule has 1 radical (unpaired) electrons. The van der Waals surface area contributed by atoms with Crippen LogP contribution in [0.2, 0.25) is 0 Å². The Morgan fingerprint density at radius 2 is 1.11 bits per heavy atom. The van der Waals surface area contributed by atoms with Crippen molar-refractivity contribution in [1.82, 2.24) is 0 Å². The maximum absolute atomic E-state index is 3.18. The molecule has 0 N–H and O–H groups in total. The van der Waals surface area contributed by atoms with Gasteiger partial charge in [0.15, 0.2) is 0 Å². The van der Waals surface area contributed by atoms with E-state index in [1.165, 1.54) is 112 Å². The first-order chi connectivity index (χ1) is 17.3. The van der Waals surface area contributed by atoms with Crippen LogP contribution in [-0.2, 0) is 5.41 Å². The first-order valence-corrected chi connectivity index (χ1v) is 14.5. The molecule has 0 fully saturated rings. The Morgan fingerprint density at radius 3 is 1.77 bits per heavy atom. The highest BCUT2D eigenvalue weighted by Crippen LogP contribution is 2.54. The molecular weight excluding hydrogens is 420 g/mol. The normalized spacial score (nSPS) is 13.5. The standard InChI is InChI=1S/C35H45/c1-3-5-7-9-11-18-26-35(27-19-12-10-8-6-4-2)33-23-17-16-22-31(33)32-25-24-30(28-34(32)35)29-20-14-13-15-21-29/h14-17,20-25,28H,3-12,18-19,26-27H2,1-2H3. The van der Waals surface area contributed by atoms with Gasteiger partial charge in [-0.25, -0.2) is 0 Å². The van der Waals surface area contributed by atoms with Crippen LogP contribution >= 0.6 is 0 Å². The van der Waals surface area contributed by atoms with Crippen LogP contribution in [0.5, 0.6) is 0 Å². The van der Waals surface area contributed by atoms with Gasteiger partial charge in [-0.1, -0.05) is 152 Å². The summed E-state index contributed by atoms with van der Waals surface area (Å²) in [6, 6.07) is 28.3. The molecule has 0 spiro atoms. The summed E-state index contributed by atoms with van der Waals surface area (Å²) < 4.78 is 0. The molecule has 0 aromatic heterocycles. The van der Waals surface area contributed by atoms with Crippen LogP contribution in [-0.4, -0.2) is 0 Å². The van der Waals surface area contributed by atoms with Gasteiger partial charge in [0.2, 0.25) is 0 Å². The van der Waals surface area contributed by atoms with Gasteiger partial charge in [-0.3, -0.25) is 0 Å². The largest absolute Gasteiger partial charge is 0.0654 e. The predicted molar refractivity (Wildman–Crippen MR) is 153 cm³/mol. The predicted octanol–water partition coefficient (Wildman–Crippen LogP) is 10.9. The maximum Gasteiger partial charge on any atom is 0.0215 e. The van der Waals surface area contributed by atoms with Crippen molar-refractivity contribution < 1.29 is 0 Å². The minimum atomic E-state index is 0.165. The minimum absolute atomic E-state index is 0.165. The van der Waals surface area contributed by atoms with Crippen molar-refractivity contribution in [3.05, 3.63) is 83.9 Å². The summed E-state index contributed by atoms with van der Waals surface area (Å²) in [5.74, 6) is 0. The molecule has 3 aromatic rings. The van der Waals surface area contributed by atoms with Crippen LogP contribution in [0.4, 0.5) is 0 Å². The Kier molecular flexibility index (Phi) is 9.64. The quantitative estimate of drug-likeness (QED) is 0.196. The highest BCUT2D eigenvalue weighted by molar-refractivity contribution is 5.83. The molecule has 4 rings (SSSR count). The van der Waals surface area contributed by atoms with Gasteiger partial charge in [0.1, 0.15) is 0 Å². The number of fused-ring (bicyclic) bond motifs is 3. The molecular formula is C35H45. The second kappa shape index (κ2) is 13.1. The summed E-state index contributed by atoms with van der Waals surface area (Å²) in [6.07, 6.45) is 18.9. The zero-order chi connectivity index (χ0) is 24.3. The Morgan fingerprint density at radius 1 is 0.543 bits per heavy atom. The highest BCUT2D eigenvalue weighted by Gasteiger charge is 2.42. The van der Waals surface area contributed by atoms with Crippen molar-refractivity contribution in [2.45, 2.75) is 109 Å². The molecule has 0 aliphatic heterocycles. The van der Waals surface area contributed by atoms with Gasteiger partial charge < -0.3 is 0 Å². The van der Waals surface area contributed by atoms with Crippen molar-refractivity contribution >= 4 is 0 Å². The minimum Gasteiger partial charge on any atom is -0.0654 e. The fraction of sp³-hybridized carbons (Fsp3) is 0.486. The van der Waals surface area contributed by atoms with Crippen LogP contribution in [0.1, 0.15) is 115 Å². The molecule has 3 aromatic carbocycles. The summed E-state index contributed by atoms with van der Waals surface area (Å²) in [5, 5.41) is 0. The molecule has 1 aliphatic carbocycles. The number of benzene rings is 3. The fourth-order valence-corrected chi connectivity index (χ4v) is 6.29. The zero-order valence-electron chi connectivity index (χ0n) is 22.3. The van der Waals surface area contributed by atoms with Gasteiger partial charge in [0.25, 0.3) is 0 Å². The lowest BCUT2D eigenvalue weighted by molar-refractivity contribution is 0.398. The van der Waals surface area contributed by atoms with E-state index in [1.54, 1.807) is 11.1 Å². The van der Waals surface area contributed by atoms with Crippen molar-refractivity contribution in [1.29, 1.82) is 0 Å². The van der Waals surface area contributed by atoms with E-state index < -0.39 is 0 Å². The first-order valence-electron chi connectivity index (χ1n) is 14.5. The fourth-order valence-electron chi connectivity index (χ4n) is 6.29. The molecule has 0 saturated carbocycles. The SMILES string of the molecule is CCCCCCCCC1(CCCCCCCC)c2ccccc2-c2ccc(-c3cc[c]cc3)cc21. The Bertz CT molecular complexity index is 1010. The van der Waals surface area contributed by atoms with E-state index in [0.717, 1.165) is 0 Å². The van der Waals surface area contributed by atoms with E-state index in [0.29, 0.717) is 0 Å². The molecule has 0 amide bonds. The molecule has 0 atom stereocenters. The molecule has 0 saturated heterocycles. The maximum atomic E-state index is 3.18. The van der Waals surface area contributed by atoms with Gasteiger partial charge in [-0.2, -0.15) is 0 Å². The van der Waals surface area contributed by atoms with E-state index in [1.807, 2.05) is 12.1 Å². The lowest BCUT2D eigenvalue weighted by Crippen LogP contribution is -2.25. The van der Waals surface area contributed by atoms with E-state index in [9.17, 15) is 0 Å². The molecule has 0 unspecified atom stereocenters. The molecule has 185 valence electrons. The van der Waals surface area contributed by atoms with Crippen LogP contribution in [0.25, 0.3) is 22.3 Å². The molecule has 1 aliphatic rings. The van der Waals surface area contributed by atoms with Crippen molar-refractivity contribution in [2.75, 3.05) is 0 Å². The number of hydrogen-bond acceptors (Lipinski definition) is 0. The zero-order valence-corrected chi connectivity index (χ0v) is 22.3. The van der Waals surface area contributed by atoms with Crippen LogP contribution in [0.3, 0.4) is 0 Å². The summed E-state index contributed by atoms with van der Waals surface area (Å²) in [6.45, 7) is 4.62. The van der Waals surface area contributed by atoms with E-state index in [4.69, 9.17) is 0 Å². The van der Waals surface area contributed by atoms with E-state index in [2.05, 4.69) is 74.5 Å². The highest BCUT2D eigenvalue weighted by atomic mass is 14.4. The first kappa shape index (κ1) is 25.7. The second-order valence-electron chi connectivity index (χ2n) is 10.7. The Labute approximate surface area is 215 Å². The summed E-state index contributed by atoms with van der Waals surface area (Å²) in [7, 11) is 0. The lowest BCUT2D eigenvalue weighted by atomic mass is 9.70. The van der Waals surface area contributed by atoms with Crippen LogP contribution < -0.4 is 0 Å².